The minimum Gasteiger partial charge on any atom is -0.384 e. The summed E-state index contributed by atoms with van der Waals surface area (Å²) in [5, 5.41) is 11.6. The number of aryl methyl sites for hydroxylation is 1. The molecule has 1 aromatic carbocycles. The summed E-state index contributed by atoms with van der Waals surface area (Å²) in [6.07, 6.45) is 5.26. The first-order chi connectivity index (χ1) is 10.2. The Morgan fingerprint density at radius 1 is 1.43 bits per heavy atom. The summed E-state index contributed by atoms with van der Waals surface area (Å²) in [6, 6.07) is 5.42. The van der Waals surface area contributed by atoms with Gasteiger partial charge in [-0.05, 0) is 30.7 Å². The van der Waals surface area contributed by atoms with Crippen LogP contribution in [-0.4, -0.2) is 33.7 Å². The van der Waals surface area contributed by atoms with Gasteiger partial charge < -0.3 is 15.0 Å². The van der Waals surface area contributed by atoms with Gasteiger partial charge in [-0.1, -0.05) is 11.8 Å². The summed E-state index contributed by atoms with van der Waals surface area (Å²) in [5.74, 6) is 5.27. The van der Waals surface area contributed by atoms with E-state index in [1.807, 2.05) is 29.8 Å². The van der Waals surface area contributed by atoms with Gasteiger partial charge in [-0.15, -0.1) is 0 Å². The van der Waals surface area contributed by atoms with E-state index in [4.69, 9.17) is 5.11 Å². The Bertz CT molecular complexity index is 667. The molecule has 0 unspecified atom stereocenters. The van der Waals surface area contributed by atoms with Gasteiger partial charge in [0.2, 0.25) is 0 Å². The van der Waals surface area contributed by atoms with Gasteiger partial charge in [-0.2, -0.15) is 0 Å². The lowest BCUT2D eigenvalue weighted by molar-refractivity contribution is 0.0952. The van der Waals surface area contributed by atoms with Crippen molar-refractivity contribution in [2.45, 2.75) is 13.5 Å². The van der Waals surface area contributed by atoms with Crippen molar-refractivity contribution in [2.75, 3.05) is 13.2 Å². The molecule has 0 radical (unpaired) electrons. The molecule has 0 aliphatic rings. The number of imidazole rings is 1. The maximum atomic E-state index is 12.1. The maximum absolute atomic E-state index is 12.1. The number of hydrogen-bond donors (Lipinski definition) is 2. The van der Waals surface area contributed by atoms with Crippen LogP contribution in [0.1, 0.15) is 21.5 Å². The van der Waals surface area contributed by atoms with Gasteiger partial charge >= 0.3 is 0 Å². The molecule has 0 saturated carbocycles. The van der Waals surface area contributed by atoms with Crippen molar-refractivity contribution in [3.05, 3.63) is 53.6 Å². The predicted molar refractivity (Wildman–Crippen MR) is 79.7 cm³/mol. The minimum absolute atomic E-state index is 0.133. The van der Waals surface area contributed by atoms with E-state index in [1.165, 1.54) is 0 Å². The van der Waals surface area contributed by atoms with Crippen molar-refractivity contribution in [1.29, 1.82) is 0 Å². The number of carbonyl (C=O) groups is 1. The monoisotopic (exact) mass is 283 g/mol. The average Bonchev–Trinajstić information content (AvgIpc) is 2.97. The fourth-order valence-electron chi connectivity index (χ4n) is 1.95. The smallest absolute Gasteiger partial charge is 0.251 e. The Labute approximate surface area is 123 Å². The number of aliphatic hydroxyl groups excluding tert-OH is 1. The number of aliphatic hydroxyl groups is 1. The van der Waals surface area contributed by atoms with Crippen LogP contribution in [0.25, 0.3) is 0 Å². The van der Waals surface area contributed by atoms with Crippen molar-refractivity contribution < 1.29 is 9.90 Å². The highest BCUT2D eigenvalue weighted by Crippen LogP contribution is 2.09. The van der Waals surface area contributed by atoms with Crippen molar-refractivity contribution in [3.8, 4) is 11.8 Å². The Morgan fingerprint density at radius 3 is 3.00 bits per heavy atom. The summed E-state index contributed by atoms with van der Waals surface area (Å²) < 4.78 is 1.90. The molecule has 0 spiro atoms. The van der Waals surface area contributed by atoms with E-state index in [9.17, 15) is 4.79 Å². The first-order valence-electron chi connectivity index (χ1n) is 6.64. The fraction of sp³-hybridized carbons (Fsp3) is 0.250. The Hall–Kier alpha value is -2.58. The molecule has 0 bridgehead atoms. The van der Waals surface area contributed by atoms with Crippen LogP contribution in [0.5, 0.6) is 0 Å². The topological polar surface area (TPSA) is 67.2 Å². The maximum Gasteiger partial charge on any atom is 0.251 e. The van der Waals surface area contributed by atoms with E-state index >= 15 is 0 Å². The first-order valence-corrected chi connectivity index (χ1v) is 6.64. The van der Waals surface area contributed by atoms with E-state index in [-0.39, 0.29) is 12.5 Å². The molecule has 1 amide bonds. The van der Waals surface area contributed by atoms with Gasteiger partial charge in [0.1, 0.15) is 6.61 Å². The number of benzene rings is 1. The molecule has 5 nitrogen and oxygen atoms in total. The van der Waals surface area contributed by atoms with Gasteiger partial charge in [0, 0.05) is 36.6 Å². The lowest BCUT2D eigenvalue weighted by atomic mass is 10.1. The zero-order valence-corrected chi connectivity index (χ0v) is 11.8. The van der Waals surface area contributed by atoms with Crippen LogP contribution < -0.4 is 5.32 Å². The molecule has 0 atom stereocenters. The zero-order valence-electron chi connectivity index (χ0n) is 11.8. The van der Waals surface area contributed by atoms with Crippen LogP contribution in [0.15, 0.2) is 36.9 Å². The van der Waals surface area contributed by atoms with E-state index < -0.39 is 0 Å². The second-order valence-electron chi connectivity index (χ2n) is 4.60. The van der Waals surface area contributed by atoms with Crippen molar-refractivity contribution in [1.82, 2.24) is 14.9 Å². The van der Waals surface area contributed by atoms with Gasteiger partial charge in [0.15, 0.2) is 0 Å². The van der Waals surface area contributed by atoms with E-state index in [0.717, 1.165) is 11.1 Å². The largest absolute Gasteiger partial charge is 0.384 e. The summed E-state index contributed by atoms with van der Waals surface area (Å²) in [5.41, 5.74) is 2.26. The van der Waals surface area contributed by atoms with Crippen LogP contribution in [0, 0.1) is 18.8 Å². The fourth-order valence-corrected chi connectivity index (χ4v) is 1.95. The number of amides is 1. The Kier molecular flexibility index (Phi) is 5.13. The predicted octanol–water partition coefficient (Wildman–Crippen LogP) is 0.965. The van der Waals surface area contributed by atoms with Crippen molar-refractivity contribution >= 4 is 5.91 Å². The number of nitrogens with one attached hydrogen (secondary N) is 1. The van der Waals surface area contributed by atoms with Gasteiger partial charge in [0.05, 0.1) is 6.33 Å². The normalized spacial score (nSPS) is 9.81. The van der Waals surface area contributed by atoms with E-state index in [1.54, 1.807) is 18.6 Å². The molecular formula is C16H17N3O2. The standard InChI is InChI=1S/C16H17N3O2/c1-13-9-14(3-2-8-20)11-15(10-13)16(21)18-5-7-19-6-4-17-12-19/h4,6,9-12,20H,5,7-8H2,1H3,(H,18,21). The minimum atomic E-state index is -0.194. The molecule has 1 heterocycles. The highest BCUT2D eigenvalue weighted by atomic mass is 16.2. The molecule has 2 aromatic rings. The highest BCUT2D eigenvalue weighted by Gasteiger charge is 2.06. The third-order valence-electron chi connectivity index (χ3n) is 2.87. The van der Waals surface area contributed by atoms with Gasteiger partial charge in [0.25, 0.3) is 5.91 Å². The molecule has 108 valence electrons. The van der Waals surface area contributed by atoms with E-state index in [2.05, 4.69) is 22.1 Å². The van der Waals surface area contributed by atoms with Crippen molar-refractivity contribution in [3.63, 3.8) is 0 Å². The molecular weight excluding hydrogens is 266 g/mol. The summed E-state index contributed by atoms with van der Waals surface area (Å²) in [6.45, 7) is 2.92. The number of rotatable bonds is 4. The van der Waals surface area contributed by atoms with Gasteiger partial charge in [-0.25, -0.2) is 4.98 Å². The number of nitrogens with zero attached hydrogens (tertiary/aromatic N) is 2. The molecule has 0 aliphatic carbocycles. The number of carbonyl (C=O) groups excluding carboxylic acids is 1. The summed E-state index contributed by atoms with van der Waals surface area (Å²) >= 11 is 0. The molecule has 5 heteroatoms. The van der Waals surface area contributed by atoms with E-state index in [0.29, 0.717) is 18.7 Å². The second kappa shape index (κ2) is 7.27. The van der Waals surface area contributed by atoms with Crippen LogP contribution in [0.4, 0.5) is 0 Å². The molecule has 21 heavy (non-hydrogen) atoms. The van der Waals surface area contributed by atoms with Crippen LogP contribution in [-0.2, 0) is 6.54 Å². The van der Waals surface area contributed by atoms with Crippen molar-refractivity contribution in [2.24, 2.45) is 0 Å². The Balaban J connectivity index is 1.99. The number of hydrogen-bond acceptors (Lipinski definition) is 3. The zero-order chi connectivity index (χ0) is 15.1. The molecule has 2 rings (SSSR count). The SMILES string of the molecule is Cc1cc(C#CCO)cc(C(=O)NCCn2ccnc2)c1. The molecule has 1 aromatic heterocycles. The van der Waals surface area contributed by atoms with Crippen LogP contribution in [0.2, 0.25) is 0 Å². The summed E-state index contributed by atoms with van der Waals surface area (Å²) in [7, 11) is 0. The summed E-state index contributed by atoms with van der Waals surface area (Å²) in [4.78, 5) is 16.1. The third-order valence-corrected chi connectivity index (χ3v) is 2.87. The Morgan fingerprint density at radius 2 is 2.29 bits per heavy atom. The lowest BCUT2D eigenvalue weighted by Crippen LogP contribution is -2.27. The first kappa shape index (κ1) is 14.8. The lowest BCUT2D eigenvalue weighted by Gasteiger charge is -2.07. The highest BCUT2D eigenvalue weighted by molar-refractivity contribution is 5.94. The van der Waals surface area contributed by atoms with Gasteiger partial charge in [-0.3, -0.25) is 4.79 Å². The third kappa shape index (κ3) is 4.48. The average molecular weight is 283 g/mol. The molecule has 0 fully saturated rings. The molecule has 0 aliphatic heterocycles. The van der Waals surface area contributed by atoms with Crippen LogP contribution in [0.3, 0.4) is 0 Å². The number of aromatic nitrogens is 2. The molecule has 2 N–H and O–H groups in total. The van der Waals surface area contributed by atoms with Crippen LogP contribution >= 0.6 is 0 Å². The second-order valence-corrected chi connectivity index (χ2v) is 4.60. The molecule has 0 saturated heterocycles. The quantitative estimate of drug-likeness (QED) is 0.822.